The van der Waals surface area contributed by atoms with E-state index in [2.05, 4.69) is 5.32 Å². The van der Waals surface area contributed by atoms with E-state index in [9.17, 15) is 13.2 Å². The number of hydrogen-bond acceptors (Lipinski definition) is 4. The van der Waals surface area contributed by atoms with Crippen LogP contribution >= 0.6 is 0 Å². The van der Waals surface area contributed by atoms with Gasteiger partial charge in [0.25, 0.3) is 10.1 Å². The lowest BCUT2D eigenvalue weighted by Crippen LogP contribution is -2.30. The Morgan fingerprint density at radius 2 is 1.80 bits per heavy atom. The predicted octanol–water partition coefficient (Wildman–Crippen LogP) is 1.02. The lowest BCUT2D eigenvalue weighted by Gasteiger charge is -1.99. The average Bonchev–Trinajstić information content (AvgIpc) is 2.31. The van der Waals surface area contributed by atoms with E-state index in [1.165, 1.54) is 5.56 Å². The van der Waals surface area contributed by atoms with Gasteiger partial charge in [0.05, 0.1) is 5.75 Å². The molecule has 0 saturated carbocycles. The molecule has 0 aliphatic carbocycles. The van der Waals surface area contributed by atoms with Crippen LogP contribution in [0.1, 0.15) is 18.4 Å². The zero-order valence-corrected chi connectivity index (χ0v) is 12.1. The van der Waals surface area contributed by atoms with Crippen LogP contribution < -0.4 is 11.1 Å². The summed E-state index contributed by atoms with van der Waals surface area (Å²) in [5.41, 5.74) is 5.91. The smallest absolute Gasteiger partial charge is 0.312 e. The van der Waals surface area contributed by atoms with Gasteiger partial charge in [0.2, 0.25) is 0 Å². The standard InChI is InChI=1S/C7H8O.C5H12N2O4S/c1-6-2-4-7(8)5-3-6;6-5(8)7-3-1-2-4-12(9,10)11/h2-5,8H,1H3;1-4H2,(H3,6,7,8)(H,9,10,11). The van der Waals surface area contributed by atoms with Gasteiger partial charge in [0.1, 0.15) is 5.75 Å². The minimum absolute atomic E-state index is 0.284. The molecule has 0 saturated heterocycles. The molecule has 0 unspecified atom stereocenters. The third-order valence-corrected chi connectivity index (χ3v) is 2.97. The highest BCUT2D eigenvalue weighted by molar-refractivity contribution is 7.85. The summed E-state index contributed by atoms with van der Waals surface area (Å²) in [7, 11) is -3.87. The molecule has 0 fully saturated rings. The summed E-state index contributed by atoms with van der Waals surface area (Å²) in [6.45, 7) is 2.31. The number of aromatic hydroxyl groups is 1. The fourth-order valence-electron chi connectivity index (χ4n) is 1.17. The molecule has 1 rings (SSSR count). The number of carbonyl (C=O) groups excluding carboxylic acids is 1. The van der Waals surface area contributed by atoms with Crippen LogP contribution in [0, 0.1) is 6.92 Å². The number of urea groups is 1. The van der Waals surface area contributed by atoms with Gasteiger partial charge in [-0.05, 0) is 31.9 Å². The number of amides is 2. The third-order valence-electron chi connectivity index (χ3n) is 2.16. The Hall–Kier alpha value is -1.80. The van der Waals surface area contributed by atoms with Crippen molar-refractivity contribution >= 4 is 16.1 Å². The van der Waals surface area contributed by atoms with Crippen molar-refractivity contribution in [3.63, 3.8) is 0 Å². The van der Waals surface area contributed by atoms with Crippen molar-refractivity contribution in [2.75, 3.05) is 12.3 Å². The summed E-state index contributed by atoms with van der Waals surface area (Å²) in [5.74, 6) is 0.0450. The molecule has 0 aliphatic rings. The average molecular weight is 304 g/mol. The lowest BCUT2D eigenvalue weighted by molar-refractivity contribution is 0.249. The van der Waals surface area contributed by atoms with E-state index in [0.29, 0.717) is 25.1 Å². The van der Waals surface area contributed by atoms with Crippen molar-refractivity contribution in [3.8, 4) is 5.75 Å². The number of phenolic OH excluding ortho intramolecular Hbond substituents is 1. The molecule has 5 N–H and O–H groups in total. The highest BCUT2D eigenvalue weighted by Crippen LogP contribution is 2.07. The Kier molecular flexibility index (Phi) is 8.33. The predicted molar refractivity (Wildman–Crippen MR) is 76.1 cm³/mol. The van der Waals surface area contributed by atoms with E-state index in [-0.39, 0.29) is 5.75 Å². The topological polar surface area (TPSA) is 130 Å². The van der Waals surface area contributed by atoms with E-state index in [4.69, 9.17) is 15.4 Å². The molecule has 0 aromatic heterocycles. The van der Waals surface area contributed by atoms with E-state index in [1.54, 1.807) is 12.1 Å². The number of primary amides is 1. The van der Waals surface area contributed by atoms with Crippen molar-refractivity contribution in [1.29, 1.82) is 0 Å². The molecule has 1 aromatic carbocycles. The number of phenols is 1. The van der Waals surface area contributed by atoms with Gasteiger partial charge in [-0.1, -0.05) is 17.7 Å². The van der Waals surface area contributed by atoms with Crippen LogP contribution in [-0.2, 0) is 10.1 Å². The molecule has 1 aromatic rings. The zero-order chi connectivity index (χ0) is 15.6. The van der Waals surface area contributed by atoms with Gasteiger partial charge >= 0.3 is 6.03 Å². The normalized spacial score (nSPS) is 10.3. The fraction of sp³-hybridized carbons (Fsp3) is 0.417. The van der Waals surface area contributed by atoms with Crippen molar-refractivity contribution in [1.82, 2.24) is 5.32 Å². The van der Waals surface area contributed by atoms with E-state index in [0.717, 1.165) is 0 Å². The number of nitrogens with two attached hydrogens (primary N) is 1. The Morgan fingerprint density at radius 1 is 1.25 bits per heavy atom. The van der Waals surface area contributed by atoms with Crippen LogP contribution in [0.4, 0.5) is 4.79 Å². The molecule has 0 spiro atoms. The van der Waals surface area contributed by atoms with E-state index >= 15 is 0 Å². The summed E-state index contributed by atoms with van der Waals surface area (Å²) in [5, 5.41) is 11.1. The maximum atomic E-state index is 10.2. The van der Waals surface area contributed by atoms with E-state index in [1.807, 2.05) is 19.1 Å². The first kappa shape index (κ1) is 18.2. The van der Waals surface area contributed by atoms with Gasteiger partial charge in [0.15, 0.2) is 0 Å². The highest BCUT2D eigenvalue weighted by Gasteiger charge is 2.02. The second-order valence-electron chi connectivity index (χ2n) is 4.12. The van der Waals surface area contributed by atoms with Crippen LogP contribution in [0.25, 0.3) is 0 Å². The molecule has 114 valence electrons. The number of carbonyl (C=O) groups is 1. The summed E-state index contributed by atoms with van der Waals surface area (Å²) in [6.07, 6.45) is 0.780. The van der Waals surface area contributed by atoms with Crippen molar-refractivity contribution < 1.29 is 22.9 Å². The third kappa shape index (κ3) is 12.7. The monoisotopic (exact) mass is 304 g/mol. The Labute approximate surface area is 118 Å². The number of unbranched alkanes of at least 4 members (excludes halogenated alkanes) is 1. The molecule has 20 heavy (non-hydrogen) atoms. The molecule has 0 heterocycles. The van der Waals surface area contributed by atoms with Crippen molar-refractivity contribution in [2.45, 2.75) is 19.8 Å². The van der Waals surface area contributed by atoms with Crippen molar-refractivity contribution in [2.24, 2.45) is 5.73 Å². The van der Waals surface area contributed by atoms with Crippen LogP contribution in [0.15, 0.2) is 24.3 Å². The highest BCUT2D eigenvalue weighted by atomic mass is 32.2. The summed E-state index contributed by atoms with van der Waals surface area (Å²) in [6, 6.07) is 6.46. The molecule has 8 heteroatoms. The summed E-state index contributed by atoms with van der Waals surface area (Å²) in [4.78, 5) is 10.1. The SMILES string of the molecule is Cc1ccc(O)cc1.NC(=O)NCCCCS(=O)(=O)O. The number of nitrogens with one attached hydrogen (secondary N) is 1. The molecule has 0 atom stereocenters. The lowest BCUT2D eigenvalue weighted by atomic mass is 10.2. The fourth-order valence-corrected chi connectivity index (χ4v) is 1.73. The number of hydrogen-bond donors (Lipinski definition) is 4. The number of benzene rings is 1. The van der Waals surface area contributed by atoms with Gasteiger partial charge in [-0.2, -0.15) is 8.42 Å². The number of rotatable bonds is 5. The van der Waals surface area contributed by atoms with Crippen LogP contribution in [0.3, 0.4) is 0 Å². The van der Waals surface area contributed by atoms with E-state index < -0.39 is 16.1 Å². The summed E-state index contributed by atoms with van der Waals surface area (Å²) < 4.78 is 28.6. The summed E-state index contributed by atoms with van der Waals surface area (Å²) >= 11 is 0. The first-order valence-corrected chi connectivity index (χ1v) is 7.56. The van der Waals surface area contributed by atoms with Crippen LogP contribution in [0.2, 0.25) is 0 Å². The Bertz CT molecular complexity index is 478. The quantitative estimate of drug-likeness (QED) is 0.476. The first-order chi connectivity index (χ1) is 9.20. The van der Waals surface area contributed by atoms with Gasteiger partial charge in [0, 0.05) is 6.54 Å². The van der Waals surface area contributed by atoms with Crippen LogP contribution in [0.5, 0.6) is 5.75 Å². The first-order valence-electron chi connectivity index (χ1n) is 5.95. The Balaban J connectivity index is 0.000000388. The van der Waals surface area contributed by atoms with Gasteiger partial charge < -0.3 is 16.2 Å². The minimum Gasteiger partial charge on any atom is -0.508 e. The largest absolute Gasteiger partial charge is 0.508 e. The maximum Gasteiger partial charge on any atom is 0.312 e. The second kappa shape index (κ2) is 9.16. The molecule has 2 amide bonds. The van der Waals surface area contributed by atoms with Gasteiger partial charge in [-0.3, -0.25) is 4.55 Å². The molecular weight excluding hydrogens is 284 g/mol. The molecular formula is C12H20N2O5S. The molecule has 7 nitrogen and oxygen atoms in total. The Morgan fingerprint density at radius 3 is 2.20 bits per heavy atom. The molecule has 0 radical (unpaired) electrons. The minimum atomic E-state index is -3.87. The van der Waals surface area contributed by atoms with Gasteiger partial charge in [-0.15, -0.1) is 0 Å². The van der Waals surface area contributed by atoms with Crippen LogP contribution in [-0.4, -0.2) is 36.4 Å². The maximum absolute atomic E-state index is 10.2. The second-order valence-corrected chi connectivity index (χ2v) is 5.69. The zero-order valence-electron chi connectivity index (χ0n) is 11.2. The van der Waals surface area contributed by atoms with Gasteiger partial charge in [-0.25, -0.2) is 4.79 Å². The molecule has 0 bridgehead atoms. The number of aryl methyl sites for hydroxylation is 1. The molecule has 0 aliphatic heterocycles. The van der Waals surface area contributed by atoms with Crippen molar-refractivity contribution in [3.05, 3.63) is 29.8 Å².